The van der Waals surface area contributed by atoms with Gasteiger partial charge < -0.3 is 15.7 Å². The molecule has 1 atom stereocenters. The molecule has 0 aromatic heterocycles. The molecule has 1 heterocycles. The molecular formula is C15H33N3O. The molecule has 1 unspecified atom stereocenters. The highest BCUT2D eigenvalue weighted by Crippen LogP contribution is 2.17. The van der Waals surface area contributed by atoms with Gasteiger partial charge in [-0.2, -0.15) is 0 Å². The van der Waals surface area contributed by atoms with Crippen LogP contribution in [0.4, 0.5) is 0 Å². The Morgan fingerprint density at radius 1 is 1.11 bits per heavy atom. The number of hydrogen-bond acceptors (Lipinski definition) is 4. The van der Waals surface area contributed by atoms with Gasteiger partial charge in [0.1, 0.15) is 0 Å². The Balaban J connectivity index is 2.23. The lowest BCUT2D eigenvalue weighted by molar-refractivity contribution is 0.0600. The number of nitrogens with two attached hydrogens (primary N) is 1. The van der Waals surface area contributed by atoms with E-state index >= 15 is 0 Å². The molecule has 4 nitrogen and oxygen atoms in total. The summed E-state index contributed by atoms with van der Waals surface area (Å²) < 4.78 is 0. The lowest BCUT2D eigenvalue weighted by atomic mass is 9.92. The largest absolute Gasteiger partial charge is 0.394 e. The first-order valence-electron chi connectivity index (χ1n) is 7.68. The zero-order valence-electron chi connectivity index (χ0n) is 13.3. The van der Waals surface area contributed by atoms with E-state index in [1.54, 1.807) is 0 Å². The molecule has 1 rings (SSSR count). The van der Waals surface area contributed by atoms with Gasteiger partial charge >= 0.3 is 0 Å². The Labute approximate surface area is 118 Å². The van der Waals surface area contributed by atoms with E-state index in [1.807, 2.05) is 0 Å². The van der Waals surface area contributed by atoms with Crippen molar-refractivity contribution in [3.05, 3.63) is 0 Å². The summed E-state index contributed by atoms with van der Waals surface area (Å²) in [5.74, 6) is 0. The second-order valence-electron chi connectivity index (χ2n) is 6.98. The van der Waals surface area contributed by atoms with E-state index < -0.39 is 0 Å². The average molecular weight is 271 g/mol. The molecule has 0 aromatic carbocycles. The Morgan fingerprint density at radius 2 is 1.68 bits per heavy atom. The molecule has 3 N–H and O–H groups in total. The fourth-order valence-corrected chi connectivity index (χ4v) is 2.66. The molecule has 4 heteroatoms. The van der Waals surface area contributed by atoms with Crippen LogP contribution < -0.4 is 5.73 Å². The molecule has 0 spiro atoms. The first kappa shape index (κ1) is 16.9. The van der Waals surface area contributed by atoms with E-state index in [1.165, 1.54) is 0 Å². The fourth-order valence-electron chi connectivity index (χ4n) is 2.66. The van der Waals surface area contributed by atoms with Gasteiger partial charge in [-0.3, -0.25) is 4.90 Å². The Bertz CT molecular complexity index is 251. The van der Waals surface area contributed by atoms with Gasteiger partial charge in [0.2, 0.25) is 0 Å². The predicted octanol–water partition coefficient (Wildman–Crippen LogP) is 1.28. The molecule has 1 fully saturated rings. The number of rotatable bonds is 6. The summed E-state index contributed by atoms with van der Waals surface area (Å²) in [6.07, 6.45) is 2.85. The topological polar surface area (TPSA) is 52.7 Å². The maximum Gasteiger partial charge on any atom is 0.0611 e. The van der Waals surface area contributed by atoms with Gasteiger partial charge in [0.05, 0.1) is 6.61 Å². The highest BCUT2D eigenvalue weighted by molar-refractivity contribution is 4.84. The van der Waals surface area contributed by atoms with E-state index in [-0.39, 0.29) is 17.7 Å². The zero-order valence-corrected chi connectivity index (χ0v) is 13.3. The van der Waals surface area contributed by atoms with Crippen LogP contribution in [0.15, 0.2) is 0 Å². The van der Waals surface area contributed by atoms with Crippen molar-refractivity contribution >= 4 is 0 Å². The number of hydrogen-bond donors (Lipinski definition) is 2. The highest BCUT2D eigenvalue weighted by Gasteiger charge is 2.26. The molecular weight excluding hydrogens is 238 g/mol. The number of aliphatic hydroxyl groups excluding tert-OH is 1. The quantitative estimate of drug-likeness (QED) is 0.764. The monoisotopic (exact) mass is 271 g/mol. The van der Waals surface area contributed by atoms with Crippen molar-refractivity contribution < 1.29 is 5.11 Å². The van der Waals surface area contributed by atoms with Gasteiger partial charge in [-0.1, -0.05) is 6.92 Å². The van der Waals surface area contributed by atoms with Crippen LogP contribution in [0.25, 0.3) is 0 Å². The summed E-state index contributed by atoms with van der Waals surface area (Å²) in [5.41, 5.74) is 6.04. The average Bonchev–Trinajstić information content (AvgIpc) is 2.38. The molecule has 19 heavy (non-hydrogen) atoms. The number of piperazine rings is 1. The minimum atomic E-state index is -0.368. The lowest BCUT2D eigenvalue weighted by Gasteiger charge is -2.42. The van der Waals surface area contributed by atoms with Crippen molar-refractivity contribution in [1.29, 1.82) is 0 Å². The third kappa shape index (κ3) is 5.38. The molecule has 0 bridgehead atoms. The van der Waals surface area contributed by atoms with Crippen molar-refractivity contribution in [1.82, 2.24) is 9.80 Å². The van der Waals surface area contributed by atoms with E-state index in [2.05, 4.69) is 37.5 Å². The van der Waals surface area contributed by atoms with Crippen LogP contribution in [-0.4, -0.2) is 65.3 Å². The van der Waals surface area contributed by atoms with Crippen LogP contribution in [0.1, 0.15) is 47.0 Å². The fraction of sp³-hybridized carbons (Fsp3) is 1.00. The maximum absolute atomic E-state index is 9.30. The van der Waals surface area contributed by atoms with Crippen LogP contribution in [0.5, 0.6) is 0 Å². The Kier molecular flexibility index (Phi) is 6.24. The molecule has 1 aliphatic rings. The zero-order chi connectivity index (χ0) is 14.5. The smallest absolute Gasteiger partial charge is 0.0611 e. The van der Waals surface area contributed by atoms with Crippen molar-refractivity contribution in [3.8, 4) is 0 Å². The second-order valence-corrected chi connectivity index (χ2v) is 6.98. The third-order valence-corrected chi connectivity index (χ3v) is 4.49. The Morgan fingerprint density at radius 3 is 2.11 bits per heavy atom. The molecule has 0 aromatic rings. The van der Waals surface area contributed by atoms with Gasteiger partial charge in [-0.05, 0) is 46.6 Å². The summed E-state index contributed by atoms with van der Waals surface area (Å²) >= 11 is 0. The van der Waals surface area contributed by atoms with Crippen LogP contribution >= 0.6 is 0 Å². The second kappa shape index (κ2) is 7.02. The summed E-state index contributed by atoms with van der Waals surface area (Å²) in [7, 11) is 0. The molecule has 0 aliphatic carbocycles. The minimum Gasteiger partial charge on any atom is -0.394 e. The van der Waals surface area contributed by atoms with Gasteiger partial charge in [-0.25, -0.2) is 0 Å². The lowest BCUT2D eigenvalue weighted by Crippen LogP contribution is -2.53. The third-order valence-electron chi connectivity index (χ3n) is 4.49. The van der Waals surface area contributed by atoms with Gasteiger partial charge in [-0.15, -0.1) is 0 Å². The van der Waals surface area contributed by atoms with Crippen LogP contribution in [0, 0.1) is 0 Å². The molecule has 114 valence electrons. The van der Waals surface area contributed by atoms with Gasteiger partial charge in [0.15, 0.2) is 0 Å². The Hall–Kier alpha value is -0.160. The predicted molar refractivity (Wildman–Crippen MR) is 81.3 cm³/mol. The molecule has 0 amide bonds. The summed E-state index contributed by atoms with van der Waals surface area (Å²) in [6, 6.07) is 0. The van der Waals surface area contributed by atoms with Crippen LogP contribution in [0.3, 0.4) is 0 Å². The minimum absolute atomic E-state index is 0.0985. The van der Waals surface area contributed by atoms with E-state index in [4.69, 9.17) is 5.73 Å². The van der Waals surface area contributed by atoms with Crippen LogP contribution in [-0.2, 0) is 0 Å². The van der Waals surface area contributed by atoms with E-state index in [0.717, 1.165) is 52.0 Å². The van der Waals surface area contributed by atoms with Crippen molar-refractivity contribution in [3.63, 3.8) is 0 Å². The van der Waals surface area contributed by atoms with Crippen molar-refractivity contribution in [2.45, 2.75) is 58.0 Å². The number of aliphatic hydroxyl groups is 1. The van der Waals surface area contributed by atoms with Crippen molar-refractivity contribution in [2.24, 2.45) is 5.73 Å². The van der Waals surface area contributed by atoms with E-state index in [9.17, 15) is 5.11 Å². The standard InChI is InChI=1S/C15H33N3O/c1-5-15(16,13-19)7-6-8-17-9-11-18(12-10-17)14(2,3)4/h19H,5-13,16H2,1-4H3. The normalized spacial score (nSPS) is 22.4. The van der Waals surface area contributed by atoms with Crippen LogP contribution in [0.2, 0.25) is 0 Å². The highest BCUT2D eigenvalue weighted by atomic mass is 16.3. The van der Waals surface area contributed by atoms with Crippen molar-refractivity contribution in [2.75, 3.05) is 39.3 Å². The molecule has 0 radical (unpaired) electrons. The first-order chi connectivity index (χ1) is 8.80. The maximum atomic E-state index is 9.30. The first-order valence-corrected chi connectivity index (χ1v) is 7.68. The van der Waals surface area contributed by atoms with Gasteiger partial charge in [0.25, 0.3) is 0 Å². The SMILES string of the molecule is CCC(N)(CO)CCCN1CCN(C(C)(C)C)CC1. The molecule has 1 saturated heterocycles. The summed E-state index contributed by atoms with van der Waals surface area (Å²) in [6.45, 7) is 14.7. The van der Waals surface area contributed by atoms with Gasteiger partial charge in [0, 0.05) is 37.3 Å². The summed E-state index contributed by atoms with van der Waals surface area (Å²) in [5, 5.41) is 9.30. The molecule has 0 saturated carbocycles. The summed E-state index contributed by atoms with van der Waals surface area (Å²) in [4.78, 5) is 5.08. The molecule has 1 aliphatic heterocycles. The number of nitrogens with zero attached hydrogens (tertiary/aromatic N) is 2. The van der Waals surface area contributed by atoms with E-state index in [0.29, 0.717) is 0 Å².